The van der Waals surface area contributed by atoms with Crippen LogP contribution in [0.15, 0.2) is 28.1 Å². The number of hydrogen-bond donors (Lipinski definition) is 0. The Morgan fingerprint density at radius 3 is 2.20 bits per heavy atom. The molecule has 0 aliphatic carbocycles. The number of thiophene rings is 1. The lowest BCUT2D eigenvalue weighted by molar-refractivity contribution is 0.322. The van der Waals surface area contributed by atoms with Gasteiger partial charge in [0.15, 0.2) is 11.5 Å². The number of alkyl halides is 1. The summed E-state index contributed by atoms with van der Waals surface area (Å²) in [6, 6.07) is 5.89. The van der Waals surface area contributed by atoms with Gasteiger partial charge in [0.1, 0.15) is 0 Å². The highest BCUT2D eigenvalue weighted by atomic mass is 79.9. The molecule has 0 radical (unpaired) electrons. The molecule has 0 N–H and O–H groups in total. The Morgan fingerprint density at radius 1 is 1.00 bits per heavy atom. The van der Waals surface area contributed by atoms with Crippen LogP contribution in [-0.4, -0.2) is 21.3 Å². The van der Waals surface area contributed by atoms with Gasteiger partial charge < -0.3 is 14.2 Å². The molecule has 6 heteroatoms. The van der Waals surface area contributed by atoms with Gasteiger partial charge in [-0.25, -0.2) is 0 Å². The van der Waals surface area contributed by atoms with Crippen molar-refractivity contribution < 1.29 is 14.2 Å². The van der Waals surface area contributed by atoms with E-state index in [-0.39, 0.29) is 4.83 Å². The Bertz CT molecular complexity index is 598. The molecule has 0 saturated carbocycles. The highest BCUT2D eigenvalue weighted by molar-refractivity contribution is 9.11. The van der Waals surface area contributed by atoms with Gasteiger partial charge in [0, 0.05) is 14.9 Å². The van der Waals surface area contributed by atoms with Gasteiger partial charge in [-0.15, -0.1) is 11.3 Å². The Kier molecular flexibility index (Phi) is 5.35. The smallest absolute Gasteiger partial charge is 0.203 e. The molecule has 1 heterocycles. The first-order chi connectivity index (χ1) is 9.63. The normalized spacial score (nSPS) is 12.1. The average Bonchev–Trinajstić information content (AvgIpc) is 2.90. The Hall–Kier alpha value is -0.720. The van der Waals surface area contributed by atoms with Crippen molar-refractivity contribution in [2.75, 3.05) is 21.3 Å². The second kappa shape index (κ2) is 6.83. The first kappa shape index (κ1) is 15.7. The van der Waals surface area contributed by atoms with Crippen molar-refractivity contribution in [2.45, 2.75) is 4.83 Å². The number of rotatable bonds is 5. The molecule has 0 aliphatic rings. The zero-order valence-corrected chi connectivity index (χ0v) is 15.3. The maximum Gasteiger partial charge on any atom is 0.203 e. The molecule has 1 aromatic carbocycles. The summed E-state index contributed by atoms with van der Waals surface area (Å²) in [5, 5.41) is 2.04. The molecule has 0 amide bonds. The van der Waals surface area contributed by atoms with Crippen LogP contribution in [0.25, 0.3) is 0 Å². The minimum Gasteiger partial charge on any atom is -0.493 e. The van der Waals surface area contributed by atoms with Crippen LogP contribution in [0.2, 0.25) is 0 Å². The number of halogens is 2. The van der Waals surface area contributed by atoms with Crippen molar-refractivity contribution in [1.82, 2.24) is 0 Å². The van der Waals surface area contributed by atoms with Crippen molar-refractivity contribution in [3.05, 3.63) is 38.5 Å². The quantitative estimate of drug-likeness (QED) is 0.634. The molecular weight excluding hydrogens is 408 g/mol. The lowest BCUT2D eigenvalue weighted by Gasteiger charge is -2.18. The van der Waals surface area contributed by atoms with E-state index in [9.17, 15) is 0 Å². The number of benzene rings is 1. The van der Waals surface area contributed by atoms with E-state index >= 15 is 0 Å². The predicted molar refractivity (Wildman–Crippen MR) is 88.9 cm³/mol. The Balaban J connectivity index is 2.54. The van der Waals surface area contributed by atoms with Gasteiger partial charge >= 0.3 is 0 Å². The third-order valence-corrected chi connectivity index (χ3v) is 6.07. The first-order valence-corrected chi connectivity index (χ1v) is 8.38. The van der Waals surface area contributed by atoms with Crippen LogP contribution in [0.4, 0.5) is 0 Å². The number of ether oxygens (including phenoxy) is 3. The molecule has 3 nitrogen and oxygen atoms in total. The maximum absolute atomic E-state index is 5.52. The largest absolute Gasteiger partial charge is 0.493 e. The van der Waals surface area contributed by atoms with Crippen LogP contribution >= 0.6 is 43.2 Å². The third kappa shape index (κ3) is 2.82. The predicted octanol–water partition coefficient (Wildman–Crippen LogP) is 5.02. The summed E-state index contributed by atoms with van der Waals surface area (Å²) in [6.07, 6.45) is 0. The van der Waals surface area contributed by atoms with Crippen molar-refractivity contribution in [3.8, 4) is 17.2 Å². The highest BCUT2D eigenvalue weighted by Gasteiger charge is 2.23. The fraction of sp³-hybridized carbons (Fsp3) is 0.286. The van der Waals surface area contributed by atoms with E-state index in [4.69, 9.17) is 14.2 Å². The van der Waals surface area contributed by atoms with E-state index in [0.717, 1.165) is 10.0 Å². The Morgan fingerprint density at radius 2 is 1.70 bits per heavy atom. The molecule has 2 rings (SSSR count). The van der Waals surface area contributed by atoms with Crippen molar-refractivity contribution >= 4 is 43.2 Å². The summed E-state index contributed by atoms with van der Waals surface area (Å²) in [5.74, 6) is 1.93. The minimum atomic E-state index is 0.0200. The van der Waals surface area contributed by atoms with Gasteiger partial charge in [-0.2, -0.15) is 0 Å². The van der Waals surface area contributed by atoms with E-state index in [1.165, 1.54) is 4.88 Å². The minimum absolute atomic E-state index is 0.0200. The van der Waals surface area contributed by atoms with E-state index in [0.29, 0.717) is 17.2 Å². The molecule has 0 fully saturated rings. The molecule has 20 heavy (non-hydrogen) atoms. The van der Waals surface area contributed by atoms with Gasteiger partial charge in [-0.05, 0) is 39.5 Å². The summed E-state index contributed by atoms with van der Waals surface area (Å²) < 4.78 is 17.3. The van der Waals surface area contributed by atoms with E-state index in [1.54, 1.807) is 32.7 Å². The van der Waals surface area contributed by atoms with Crippen LogP contribution in [0.5, 0.6) is 17.2 Å². The van der Waals surface area contributed by atoms with Crippen LogP contribution in [-0.2, 0) is 0 Å². The first-order valence-electron chi connectivity index (χ1n) is 5.79. The molecule has 1 atom stereocenters. The standard InChI is InChI=1S/C14H14Br2O3S/c1-17-10-5-4-8(12(18-2)13(10)19-3)11(16)14-9(15)6-7-20-14/h4-7,11H,1-3H3. The third-order valence-electron chi connectivity index (χ3n) is 2.88. The molecule has 0 spiro atoms. The molecule has 2 aromatic rings. The van der Waals surface area contributed by atoms with Gasteiger partial charge in [0.2, 0.25) is 5.75 Å². The Labute approximate surface area is 139 Å². The lowest BCUT2D eigenvalue weighted by Crippen LogP contribution is -2.01. The fourth-order valence-corrected chi connectivity index (χ4v) is 4.78. The molecular formula is C14H14Br2O3S. The molecule has 0 saturated heterocycles. The zero-order chi connectivity index (χ0) is 14.7. The number of methoxy groups -OCH3 is 3. The highest BCUT2D eigenvalue weighted by Crippen LogP contribution is 2.48. The summed E-state index contributed by atoms with van der Waals surface area (Å²) in [6.45, 7) is 0. The van der Waals surface area contributed by atoms with E-state index in [1.807, 2.05) is 23.6 Å². The van der Waals surface area contributed by atoms with Gasteiger partial charge in [0.05, 0.1) is 26.2 Å². The van der Waals surface area contributed by atoms with Crippen LogP contribution in [0, 0.1) is 0 Å². The second-order valence-electron chi connectivity index (χ2n) is 3.92. The summed E-state index contributed by atoms with van der Waals surface area (Å²) in [5.41, 5.74) is 0.994. The number of hydrogen-bond acceptors (Lipinski definition) is 4. The lowest BCUT2D eigenvalue weighted by atomic mass is 10.1. The SMILES string of the molecule is COc1ccc(C(Br)c2sccc2Br)c(OC)c1OC. The zero-order valence-electron chi connectivity index (χ0n) is 11.3. The second-order valence-corrected chi connectivity index (χ2v) is 6.64. The molecule has 0 aliphatic heterocycles. The molecule has 1 unspecified atom stereocenters. The van der Waals surface area contributed by atoms with E-state index < -0.39 is 0 Å². The van der Waals surface area contributed by atoms with Gasteiger partial charge in [0.25, 0.3) is 0 Å². The summed E-state index contributed by atoms with van der Waals surface area (Å²) in [7, 11) is 4.84. The van der Waals surface area contributed by atoms with Crippen molar-refractivity contribution in [2.24, 2.45) is 0 Å². The van der Waals surface area contributed by atoms with Crippen molar-refractivity contribution in [3.63, 3.8) is 0 Å². The van der Waals surface area contributed by atoms with E-state index in [2.05, 4.69) is 31.9 Å². The van der Waals surface area contributed by atoms with Crippen LogP contribution < -0.4 is 14.2 Å². The molecule has 0 bridgehead atoms. The molecule has 108 valence electrons. The van der Waals surface area contributed by atoms with Crippen LogP contribution in [0.3, 0.4) is 0 Å². The topological polar surface area (TPSA) is 27.7 Å². The maximum atomic E-state index is 5.52. The summed E-state index contributed by atoms with van der Waals surface area (Å²) in [4.78, 5) is 1.20. The van der Waals surface area contributed by atoms with Gasteiger partial charge in [-0.3, -0.25) is 0 Å². The summed E-state index contributed by atoms with van der Waals surface area (Å²) >= 11 is 8.96. The van der Waals surface area contributed by atoms with Crippen molar-refractivity contribution in [1.29, 1.82) is 0 Å². The monoisotopic (exact) mass is 420 g/mol. The van der Waals surface area contributed by atoms with Gasteiger partial charge in [-0.1, -0.05) is 15.9 Å². The van der Waals surface area contributed by atoms with Crippen LogP contribution in [0.1, 0.15) is 15.3 Å². The average molecular weight is 422 g/mol. The fourth-order valence-electron chi connectivity index (χ4n) is 1.95. The molecule has 1 aromatic heterocycles.